The van der Waals surface area contributed by atoms with E-state index in [4.69, 9.17) is 10.00 Å². The normalized spacial score (nSPS) is 15.7. The smallest absolute Gasteiger partial charge is 0.251 e. The second-order valence-electron chi connectivity index (χ2n) is 7.41. The minimum Gasteiger partial charge on any atom is -0.381 e. The monoisotopic (exact) mass is 445 g/mol. The van der Waals surface area contributed by atoms with E-state index < -0.39 is 10.0 Å². The molecule has 1 amide bonds. The number of hydrogen-bond donors (Lipinski definition) is 2. The lowest BCUT2D eigenvalue weighted by Gasteiger charge is -2.38. The van der Waals surface area contributed by atoms with Crippen LogP contribution in [0.5, 0.6) is 0 Å². The van der Waals surface area contributed by atoms with Gasteiger partial charge in [-0.1, -0.05) is 12.1 Å². The van der Waals surface area contributed by atoms with E-state index in [0.717, 1.165) is 5.56 Å². The van der Waals surface area contributed by atoms with Gasteiger partial charge in [0, 0.05) is 43.7 Å². The minimum absolute atomic E-state index is 0.0224. The molecule has 0 aliphatic carbocycles. The SMILES string of the molecule is N#CCCNS(=O)(=O)c1ccc(C(=O)NCC2(c3ccc(F)cc3)CCOCC2)cc1. The number of carbonyl (C=O) groups excluding carboxylic acids is 1. The Labute approximate surface area is 181 Å². The quantitative estimate of drug-likeness (QED) is 0.607. The maximum atomic E-state index is 13.4. The number of ether oxygens (including phenoxy) is 1. The number of halogens is 1. The van der Waals surface area contributed by atoms with Crippen molar-refractivity contribution in [3.8, 4) is 6.07 Å². The van der Waals surface area contributed by atoms with Crippen LogP contribution >= 0.6 is 0 Å². The second kappa shape index (κ2) is 10.0. The molecule has 0 atom stereocenters. The fourth-order valence-electron chi connectivity index (χ4n) is 3.59. The van der Waals surface area contributed by atoms with Crippen LogP contribution in [-0.2, 0) is 20.2 Å². The van der Waals surface area contributed by atoms with Crippen LogP contribution < -0.4 is 10.0 Å². The molecule has 0 radical (unpaired) electrons. The Hall–Kier alpha value is -2.80. The summed E-state index contributed by atoms with van der Waals surface area (Å²) >= 11 is 0. The van der Waals surface area contributed by atoms with Gasteiger partial charge in [-0.3, -0.25) is 4.79 Å². The molecule has 0 spiro atoms. The summed E-state index contributed by atoms with van der Waals surface area (Å²) in [6.07, 6.45) is 1.47. The highest BCUT2D eigenvalue weighted by atomic mass is 32.2. The average Bonchev–Trinajstić information content (AvgIpc) is 2.79. The molecule has 164 valence electrons. The highest BCUT2D eigenvalue weighted by Gasteiger charge is 2.35. The summed E-state index contributed by atoms with van der Waals surface area (Å²) in [6, 6.07) is 13.8. The number of sulfonamides is 1. The van der Waals surface area contributed by atoms with Crippen LogP contribution in [0.1, 0.15) is 35.2 Å². The molecular weight excluding hydrogens is 421 g/mol. The van der Waals surface area contributed by atoms with Crippen molar-refractivity contribution in [1.29, 1.82) is 5.26 Å². The average molecular weight is 446 g/mol. The lowest BCUT2D eigenvalue weighted by atomic mass is 9.74. The van der Waals surface area contributed by atoms with Crippen LogP contribution in [0.15, 0.2) is 53.4 Å². The predicted molar refractivity (Wildman–Crippen MR) is 112 cm³/mol. The summed E-state index contributed by atoms with van der Waals surface area (Å²) in [5.41, 5.74) is 0.926. The first-order valence-corrected chi connectivity index (χ1v) is 11.4. The predicted octanol–water partition coefficient (Wildman–Crippen LogP) is 2.50. The molecule has 7 nitrogen and oxygen atoms in total. The van der Waals surface area contributed by atoms with Crippen molar-refractivity contribution < 1.29 is 22.3 Å². The zero-order chi connectivity index (χ0) is 22.3. The van der Waals surface area contributed by atoms with Gasteiger partial charge in [0.2, 0.25) is 10.0 Å². The lowest BCUT2D eigenvalue weighted by molar-refractivity contribution is 0.0487. The van der Waals surface area contributed by atoms with E-state index in [0.29, 0.717) is 38.2 Å². The van der Waals surface area contributed by atoms with Gasteiger partial charge in [-0.05, 0) is 54.8 Å². The molecule has 0 aromatic heterocycles. The summed E-state index contributed by atoms with van der Waals surface area (Å²) in [7, 11) is -3.73. The molecule has 0 unspecified atom stereocenters. The molecule has 1 aliphatic heterocycles. The van der Waals surface area contributed by atoms with Gasteiger partial charge < -0.3 is 10.1 Å². The molecule has 0 bridgehead atoms. The molecule has 3 rings (SSSR count). The van der Waals surface area contributed by atoms with Gasteiger partial charge in [-0.2, -0.15) is 5.26 Å². The summed E-state index contributed by atoms with van der Waals surface area (Å²) in [5.74, 6) is -0.637. The van der Waals surface area contributed by atoms with Gasteiger partial charge >= 0.3 is 0 Å². The summed E-state index contributed by atoms with van der Waals surface area (Å²) < 4.78 is 45.5. The van der Waals surface area contributed by atoms with Crippen molar-refractivity contribution in [2.45, 2.75) is 29.6 Å². The molecule has 31 heavy (non-hydrogen) atoms. The van der Waals surface area contributed by atoms with Crippen LogP contribution in [0, 0.1) is 17.1 Å². The van der Waals surface area contributed by atoms with E-state index in [9.17, 15) is 17.6 Å². The van der Waals surface area contributed by atoms with Gasteiger partial charge in [0.15, 0.2) is 0 Å². The lowest BCUT2D eigenvalue weighted by Crippen LogP contribution is -2.44. The van der Waals surface area contributed by atoms with Crippen molar-refractivity contribution >= 4 is 15.9 Å². The van der Waals surface area contributed by atoms with Gasteiger partial charge in [0.1, 0.15) is 5.82 Å². The summed E-state index contributed by atoms with van der Waals surface area (Å²) in [4.78, 5) is 12.7. The van der Waals surface area contributed by atoms with Crippen LogP contribution in [0.4, 0.5) is 4.39 Å². The van der Waals surface area contributed by atoms with Crippen LogP contribution in [0.25, 0.3) is 0 Å². The maximum Gasteiger partial charge on any atom is 0.251 e. The van der Waals surface area contributed by atoms with Crippen LogP contribution in [-0.4, -0.2) is 40.6 Å². The molecule has 9 heteroatoms. The van der Waals surface area contributed by atoms with Crippen molar-refractivity contribution in [3.05, 3.63) is 65.5 Å². The van der Waals surface area contributed by atoms with Crippen molar-refractivity contribution in [2.75, 3.05) is 26.3 Å². The Morgan fingerprint density at radius 3 is 2.35 bits per heavy atom. The summed E-state index contributed by atoms with van der Waals surface area (Å²) in [5, 5.41) is 11.5. The first kappa shape index (κ1) is 22.9. The molecule has 2 aromatic rings. The number of carbonyl (C=O) groups is 1. The fraction of sp³-hybridized carbons (Fsp3) is 0.364. The Morgan fingerprint density at radius 1 is 1.10 bits per heavy atom. The Bertz CT molecular complexity index is 1040. The Kier molecular flexibility index (Phi) is 7.38. The van der Waals surface area contributed by atoms with Gasteiger partial charge in [0.25, 0.3) is 5.91 Å². The van der Waals surface area contributed by atoms with Gasteiger partial charge in [-0.15, -0.1) is 0 Å². The highest BCUT2D eigenvalue weighted by Crippen LogP contribution is 2.34. The van der Waals surface area contributed by atoms with Crippen molar-refractivity contribution in [2.24, 2.45) is 0 Å². The second-order valence-corrected chi connectivity index (χ2v) is 9.18. The zero-order valence-electron chi connectivity index (χ0n) is 16.9. The molecule has 0 saturated carbocycles. The van der Waals surface area contributed by atoms with Crippen molar-refractivity contribution in [1.82, 2.24) is 10.0 Å². The summed E-state index contributed by atoms with van der Waals surface area (Å²) in [6.45, 7) is 1.49. The molecule has 1 saturated heterocycles. The number of hydrogen-bond acceptors (Lipinski definition) is 5. The molecule has 2 N–H and O–H groups in total. The van der Waals surface area contributed by atoms with E-state index in [1.807, 2.05) is 6.07 Å². The zero-order valence-corrected chi connectivity index (χ0v) is 17.8. The number of benzene rings is 2. The molecule has 2 aromatic carbocycles. The standard InChI is InChI=1S/C22H24FN3O4S/c23-19-6-4-18(5-7-19)22(10-14-30-15-11-22)16-25-21(27)17-2-8-20(9-3-17)31(28,29)26-13-1-12-24/h2-9,26H,1,10-11,13-16H2,(H,25,27). The molecule has 1 fully saturated rings. The number of rotatable bonds is 8. The van der Waals surface area contributed by atoms with Crippen LogP contribution in [0.2, 0.25) is 0 Å². The van der Waals surface area contributed by atoms with E-state index in [2.05, 4.69) is 10.0 Å². The van der Waals surface area contributed by atoms with E-state index in [-0.39, 0.29) is 35.0 Å². The third-order valence-corrected chi connectivity index (χ3v) is 6.93. The Balaban J connectivity index is 1.69. The minimum atomic E-state index is -3.73. The maximum absolute atomic E-state index is 13.4. The number of nitrogens with one attached hydrogen (secondary N) is 2. The van der Waals surface area contributed by atoms with Gasteiger partial charge in [-0.25, -0.2) is 17.5 Å². The van der Waals surface area contributed by atoms with Crippen molar-refractivity contribution in [3.63, 3.8) is 0 Å². The topological polar surface area (TPSA) is 108 Å². The highest BCUT2D eigenvalue weighted by molar-refractivity contribution is 7.89. The Morgan fingerprint density at radius 2 is 1.74 bits per heavy atom. The van der Waals surface area contributed by atoms with E-state index in [1.165, 1.54) is 36.4 Å². The first-order chi connectivity index (χ1) is 14.9. The molecule has 1 heterocycles. The molecule has 1 aliphatic rings. The largest absolute Gasteiger partial charge is 0.381 e. The third kappa shape index (κ3) is 5.67. The molecular formula is C22H24FN3O4S. The van der Waals surface area contributed by atoms with E-state index >= 15 is 0 Å². The van der Waals surface area contributed by atoms with Gasteiger partial charge in [0.05, 0.1) is 11.0 Å². The third-order valence-electron chi connectivity index (χ3n) is 5.45. The number of amides is 1. The number of nitriles is 1. The number of nitrogens with zero attached hydrogens (tertiary/aromatic N) is 1. The fourth-order valence-corrected chi connectivity index (χ4v) is 4.63. The first-order valence-electron chi connectivity index (χ1n) is 9.95. The van der Waals surface area contributed by atoms with E-state index in [1.54, 1.807) is 12.1 Å². The van der Waals surface area contributed by atoms with Crippen LogP contribution in [0.3, 0.4) is 0 Å².